The lowest BCUT2D eigenvalue weighted by atomic mass is 9.85. The number of nitrogens with zero attached hydrogens (tertiary/aromatic N) is 1. The molecule has 1 aliphatic rings. The topological polar surface area (TPSA) is 23.5 Å². The Balaban J connectivity index is 2.55. The molecule has 0 saturated carbocycles. The third kappa shape index (κ3) is 2.68. The molecule has 1 aliphatic heterocycles. The minimum Gasteiger partial charge on any atom is -0.396 e. The number of aliphatic hydroxyl groups is 1. The Morgan fingerprint density at radius 2 is 2.00 bits per heavy atom. The minimum absolute atomic E-state index is 0.257. The van der Waals surface area contributed by atoms with Crippen LogP contribution in [0.3, 0.4) is 0 Å². The first kappa shape index (κ1) is 11.0. The summed E-state index contributed by atoms with van der Waals surface area (Å²) in [5, 5.41) is 9.22. The van der Waals surface area contributed by atoms with Crippen molar-refractivity contribution in [3.63, 3.8) is 0 Å². The van der Waals surface area contributed by atoms with Crippen molar-refractivity contribution in [2.45, 2.75) is 39.7 Å². The van der Waals surface area contributed by atoms with Crippen LogP contribution in [-0.4, -0.2) is 35.2 Å². The molecule has 2 heteroatoms. The molecule has 1 heterocycles. The molecule has 1 fully saturated rings. The minimum atomic E-state index is 0.257. The second-order valence-electron chi connectivity index (χ2n) is 5.33. The van der Waals surface area contributed by atoms with Crippen molar-refractivity contribution in [1.29, 1.82) is 0 Å². The van der Waals surface area contributed by atoms with Crippen LogP contribution in [0.1, 0.15) is 34.1 Å². The van der Waals surface area contributed by atoms with E-state index in [0.717, 1.165) is 6.54 Å². The standard InChI is InChI=1S/C11H23NO/c1-9-5-6-12(11(2,3)4)7-10(9)8-13/h9-10,13H,5-8H2,1-4H3. The highest BCUT2D eigenvalue weighted by Crippen LogP contribution is 2.27. The lowest BCUT2D eigenvalue weighted by Gasteiger charge is -2.43. The molecule has 1 rings (SSSR count). The molecule has 1 N–H and O–H groups in total. The van der Waals surface area contributed by atoms with E-state index < -0.39 is 0 Å². The van der Waals surface area contributed by atoms with Gasteiger partial charge < -0.3 is 5.11 Å². The van der Waals surface area contributed by atoms with Gasteiger partial charge in [-0.2, -0.15) is 0 Å². The fourth-order valence-electron chi connectivity index (χ4n) is 2.00. The second kappa shape index (κ2) is 3.97. The molecule has 1 saturated heterocycles. The predicted octanol–water partition coefficient (Wildman–Crippen LogP) is 1.74. The van der Waals surface area contributed by atoms with Crippen molar-refractivity contribution in [3.05, 3.63) is 0 Å². The fraction of sp³-hybridized carbons (Fsp3) is 1.00. The number of hydrogen-bond donors (Lipinski definition) is 1. The summed E-state index contributed by atoms with van der Waals surface area (Å²) in [6.45, 7) is 11.6. The van der Waals surface area contributed by atoms with E-state index in [2.05, 4.69) is 32.6 Å². The quantitative estimate of drug-likeness (QED) is 0.672. The van der Waals surface area contributed by atoms with Crippen molar-refractivity contribution in [1.82, 2.24) is 4.90 Å². The van der Waals surface area contributed by atoms with Gasteiger partial charge in [0.2, 0.25) is 0 Å². The van der Waals surface area contributed by atoms with Gasteiger partial charge in [-0.25, -0.2) is 0 Å². The number of rotatable bonds is 1. The van der Waals surface area contributed by atoms with Gasteiger partial charge in [0.1, 0.15) is 0 Å². The highest BCUT2D eigenvalue weighted by molar-refractivity contribution is 4.84. The van der Waals surface area contributed by atoms with Crippen LogP contribution >= 0.6 is 0 Å². The maximum absolute atomic E-state index is 9.22. The van der Waals surface area contributed by atoms with Gasteiger partial charge in [0, 0.05) is 18.7 Å². The molecule has 0 amide bonds. The van der Waals surface area contributed by atoms with Gasteiger partial charge in [0.15, 0.2) is 0 Å². The molecule has 0 aliphatic carbocycles. The zero-order valence-corrected chi connectivity index (χ0v) is 9.38. The highest BCUT2D eigenvalue weighted by atomic mass is 16.3. The molecular weight excluding hydrogens is 162 g/mol. The van der Waals surface area contributed by atoms with Crippen molar-refractivity contribution < 1.29 is 5.11 Å². The van der Waals surface area contributed by atoms with Gasteiger partial charge in [-0.1, -0.05) is 6.92 Å². The maximum Gasteiger partial charge on any atom is 0.0474 e. The molecular formula is C11H23NO. The molecule has 0 spiro atoms. The van der Waals surface area contributed by atoms with E-state index in [0.29, 0.717) is 18.4 Å². The average molecular weight is 185 g/mol. The van der Waals surface area contributed by atoms with Gasteiger partial charge in [0.25, 0.3) is 0 Å². The number of aliphatic hydroxyl groups excluding tert-OH is 1. The van der Waals surface area contributed by atoms with Gasteiger partial charge in [-0.3, -0.25) is 4.90 Å². The van der Waals surface area contributed by atoms with Crippen LogP contribution in [0.25, 0.3) is 0 Å². The molecule has 0 aromatic heterocycles. The van der Waals surface area contributed by atoms with Crippen LogP contribution in [0.5, 0.6) is 0 Å². The van der Waals surface area contributed by atoms with Crippen molar-refractivity contribution in [3.8, 4) is 0 Å². The lowest BCUT2D eigenvalue weighted by Crippen LogP contribution is -2.50. The van der Waals surface area contributed by atoms with Crippen molar-refractivity contribution >= 4 is 0 Å². The van der Waals surface area contributed by atoms with E-state index in [-0.39, 0.29) is 5.54 Å². The first-order chi connectivity index (χ1) is 5.95. The maximum atomic E-state index is 9.22. The van der Waals surface area contributed by atoms with E-state index in [1.807, 2.05) is 0 Å². The summed E-state index contributed by atoms with van der Waals surface area (Å²) in [6.07, 6.45) is 1.22. The first-order valence-corrected chi connectivity index (χ1v) is 5.31. The Kier molecular flexibility index (Phi) is 3.36. The Labute approximate surface area is 81.9 Å². The normalized spacial score (nSPS) is 32.1. The van der Waals surface area contributed by atoms with Crippen LogP contribution in [0.15, 0.2) is 0 Å². The third-order valence-corrected chi connectivity index (χ3v) is 3.30. The molecule has 13 heavy (non-hydrogen) atoms. The Morgan fingerprint density at radius 1 is 1.38 bits per heavy atom. The fourth-order valence-corrected chi connectivity index (χ4v) is 2.00. The van der Waals surface area contributed by atoms with Gasteiger partial charge in [-0.05, 0) is 45.6 Å². The summed E-state index contributed by atoms with van der Waals surface area (Å²) in [6, 6.07) is 0. The van der Waals surface area contributed by atoms with E-state index in [9.17, 15) is 5.11 Å². The first-order valence-electron chi connectivity index (χ1n) is 5.31. The van der Waals surface area contributed by atoms with Crippen molar-refractivity contribution in [2.24, 2.45) is 11.8 Å². The molecule has 2 nitrogen and oxygen atoms in total. The van der Waals surface area contributed by atoms with Crippen LogP contribution in [0.4, 0.5) is 0 Å². The summed E-state index contributed by atoms with van der Waals surface area (Å²) in [5.41, 5.74) is 0.257. The molecule has 0 radical (unpaired) electrons. The summed E-state index contributed by atoms with van der Waals surface area (Å²) in [5.74, 6) is 1.16. The van der Waals surface area contributed by atoms with Gasteiger partial charge in [-0.15, -0.1) is 0 Å². The Morgan fingerprint density at radius 3 is 2.46 bits per heavy atom. The van der Waals surface area contributed by atoms with Crippen molar-refractivity contribution in [2.75, 3.05) is 19.7 Å². The molecule has 2 atom stereocenters. The average Bonchev–Trinajstić information content (AvgIpc) is 2.03. The molecule has 0 bridgehead atoms. The molecule has 2 unspecified atom stereocenters. The van der Waals surface area contributed by atoms with Crippen LogP contribution in [0.2, 0.25) is 0 Å². The zero-order valence-electron chi connectivity index (χ0n) is 9.38. The van der Waals surface area contributed by atoms with E-state index >= 15 is 0 Å². The summed E-state index contributed by atoms with van der Waals surface area (Å²) in [4.78, 5) is 2.48. The van der Waals surface area contributed by atoms with Crippen LogP contribution in [-0.2, 0) is 0 Å². The number of likely N-dealkylation sites (tertiary alicyclic amines) is 1. The second-order valence-corrected chi connectivity index (χ2v) is 5.33. The zero-order chi connectivity index (χ0) is 10.1. The monoisotopic (exact) mass is 185 g/mol. The number of hydrogen-bond acceptors (Lipinski definition) is 2. The van der Waals surface area contributed by atoms with Gasteiger partial charge >= 0.3 is 0 Å². The van der Waals surface area contributed by atoms with Gasteiger partial charge in [0.05, 0.1) is 0 Å². The predicted molar refractivity (Wildman–Crippen MR) is 55.7 cm³/mol. The van der Waals surface area contributed by atoms with E-state index in [1.54, 1.807) is 0 Å². The smallest absolute Gasteiger partial charge is 0.0474 e. The van der Waals surface area contributed by atoms with Crippen LogP contribution < -0.4 is 0 Å². The summed E-state index contributed by atoms with van der Waals surface area (Å²) >= 11 is 0. The van der Waals surface area contributed by atoms with E-state index in [1.165, 1.54) is 13.0 Å². The SMILES string of the molecule is CC1CCN(C(C)(C)C)CC1CO. The van der Waals surface area contributed by atoms with E-state index in [4.69, 9.17) is 0 Å². The largest absolute Gasteiger partial charge is 0.396 e. The Bertz CT molecular complexity index is 162. The Hall–Kier alpha value is -0.0800. The summed E-state index contributed by atoms with van der Waals surface area (Å²) < 4.78 is 0. The van der Waals surface area contributed by atoms with Crippen LogP contribution in [0, 0.1) is 11.8 Å². The highest BCUT2D eigenvalue weighted by Gasteiger charge is 2.31. The molecule has 0 aromatic rings. The molecule has 0 aromatic carbocycles. The lowest BCUT2D eigenvalue weighted by molar-refractivity contribution is 0.0276. The number of piperidine rings is 1. The summed E-state index contributed by atoms with van der Waals surface area (Å²) in [7, 11) is 0. The third-order valence-electron chi connectivity index (χ3n) is 3.30. The molecule has 78 valence electrons.